The lowest BCUT2D eigenvalue weighted by Gasteiger charge is -2.22. The summed E-state index contributed by atoms with van der Waals surface area (Å²) in [6, 6.07) is 17.7. The Kier molecular flexibility index (Phi) is 9.22. The summed E-state index contributed by atoms with van der Waals surface area (Å²) in [6.07, 6.45) is 0.808. The van der Waals surface area contributed by atoms with Crippen LogP contribution in [0.25, 0.3) is 0 Å². The number of nitrogens with zero attached hydrogens (tertiary/aromatic N) is 2. The first-order valence-electron chi connectivity index (χ1n) is 8.00. The molecule has 0 spiro atoms. The van der Waals surface area contributed by atoms with E-state index in [1.807, 2.05) is 25.2 Å². The van der Waals surface area contributed by atoms with Crippen LogP contribution >= 0.6 is 24.0 Å². The minimum Gasteiger partial charge on any atom is -0.508 e. The van der Waals surface area contributed by atoms with Crippen LogP contribution in [0.4, 0.5) is 0 Å². The predicted octanol–water partition coefficient (Wildman–Crippen LogP) is 3.65. The zero-order valence-electron chi connectivity index (χ0n) is 14.3. The van der Waals surface area contributed by atoms with Crippen molar-refractivity contribution in [3.63, 3.8) is 0 Å². The molecule has 0 aromatic heterocycles. The maximum Gasteiger partial charge on any atom is 0.193 e. The highest BCUT2D eigenvalue weighted by atomic mass is 127. The van der Waals surface area contributed by atoms with Crippen molar-refractivity contribution in [3.8, 4) is 5.75 Å². The summed E-state index contributed by atoms with van der Waals surface area (Å²) in [5, 5.41) is 12.8. The van der Waals surface area contributed by atoms with Crippen molar-refractivity contribution >= 4 is 29.9 Å². The summed E-state index contributed by atoms with van der Waals surface area (Å²) < 4.78 is 0. The summed E-state index contributed by atoms with van der Waals surface area (Å²) in [7, 11) is 2.04. The van der Waals surface area contributed by atoms with Crippen LogP contribution in [0, 0.1) is 0 Å². The molecule has 0 atom stereocenters. The lowest BCUT2D eigenvalue weighted by atomic mass is 10.1. The van der Waals surface area contributed by atoms with E-state index in [4.69, 9.17) is 0 Å². The average molecular weight is 439 g/mol. The molecule has 0 saturated carbocycles. The number of aliphatic imine (C=N–C) groups is 1. The fraction of sp³-hybridized carbons (Fsp3) is 0.316. The van der Waals surface area contributed by atoms with E-state index >= 15 is 0 Å². The molecule has 2 rings (SSSR count). The van der Waals surface area contributed by atoms with Crippen molar-refractivity contribution in [2.24, 2.45) is 4.99 Å². The Hall–Kier alpha value is -1.76. The van der Waals surface area contributed by atoms with Crippen LogP contribution in [0.1, 0.15) is 18.1 Å². The molecule has 0 unspecified atom stereocenters. The highest BCUT2D eigenvalue weighted by molar-refractivity contribution is 14.0. The lowest BCUT2D eigenvalue weighted by Crippen LogP contribution is -2.38. The van der Waals surface area contributed by atoms with Gasteiger partial charge in [0.1, 0.15) is 5.75 Å². The predicted molar refractivity (Wildman–Crippen MR) is 111 cm³/mol. The van der Waals surface area contributed by atoms with Crippen LogP contribution in [-0.2, 0) is 13.0 Å². The molecular formula is C19H26IN3O. The van der Waals surface area contributed by atoms with Gasteiger partial charge in [0, 0.05) is 26.7 Å². The molecule has 0 bridgehead atoms. The Balaban J connectivity index is 0.00000288. The monoisotopic (exact) mass is 439 g/mol. The number of phenolic OH excluding ortho intramolecular Hbond substituents is 1. The van der Waals surface area contributed by atoms with Crippen molar-refractivity contribution in [3.05, 3.63) is 65.7 Å². The summed E-state index contributed by atoms with van der Waals surface area (Å²) in [5.41, 5.74) is 2.35. The number of hydrogen-bond donors (Lipinski definition) is 2. The molecule has 2 N–H and O–H groups in total. The first kappa shape index (κ1) is 20.3. The second-order valence-corrected chi connectivity index (χ2v) is 5.50. The van der Waals surface area contributed by atoms with Crippen molar-refractivity contribution in [2.45, 2.75) is 19.9 Å². The summed E-state index contributed by atoms with van der Waals surface area (Å²) in [6.45, 7) is 4.41. The fourth-order valence-corrected chi connectivity index (χ4v) is 2.40. The van der Waals surface area contributed by atoms with Gasteiger partial charge >= 0.3 is 0 Å². The highest BCUT2D eigenvalue weighted by Crippen LogP contribution is 2.11. The molecule has 5 heteroatoms. The average Bonchev–Trinajstić information content (AvgIpc) is 2.55. The standard InChI is InChI=1S/C19H25N3O.HI/c1-3-20-19(22(2)15-17-8-5-4-6-9-17)21-13-12-16-10-7-11-18(23)14-16;/h4-11,14,23H,3,12-13,15H2,1-2H3,(H,20,21);1H. The topological polar surface area (TPSA) is 47.9 Å². The Morgan fingerprint density at radius 1 is 1.08 bits per heavy atom. The molecule has 0 heterocycles. The van der Waals surface area contributed by atoms with Gasteiger partial charge in [-0.25, -0.2) is 0 Å². The van der Waals surface area contributed by atoms with Gasteiger partial charge in [-0.2, -0.15) is 0 Å². The van der Waals surface area contributed by atoms with Gasteiger partial charge in [-0.15, -0.1) is 24.0 Å². The first-order valence-corrected chi connectivity index (χ1v) is 8.00. The second kappa shape index (κ2) is 10.9. The Labute approximate surface area is 161 Å². The SMILES string of the molecule is CCNC(=NCCc1cccc(O)c1)N(C)Cc1ccccc1.I. The Bertz CT molecular complexity index is 632. The van der Waals surface area contributed by atoms with Gasteiger partial charge in [-0.3, -0.25) is 4.99 Å². The first-order chi connectivity index (χ1) is 11.2. The van der Waals surface area contributed by atoms with Gasteiger partial charge in [0.25, 0.3) is 0 Å². The van der Waals surface area contributed by atoms with E-state index in [1.54, 1.807) is 12.1 Å². The van der Waals surface area contributed by atoms with Crippen LogP contribution in [0.5, 0.6) is 5.75 Å². The number of halogens is 1. The lowest BCUT2D eigenvalue weighted by molar-refractivity contribution is 0.474. The largest absolute Gasteiger partial charge is 0.508 e. The number of aromatic hydroxyl groups is 1. The summed E-state index contributed by atoms with van der Waals surface area (Å²) in [4.78, 5) is 6.81. The van der Waals surface area contributed by atoms with Crippen LogP contribution in [0.15, 0.2) is 59.6 Å². The summed E-state index contributed by atoms with van der Waals surface area (Å²) >= 11 is 0. The van der Waals surface area contributed by atoms with Crippen LogP contribution in [0.2, 0.25) is 0 Å². The molecule has 130 valence electrons. The number of benzene rings is 2. The van der Waals surface area contributed by atoms with E-state index < -0.39 is 0 Å². The maximum absolute atomic E-state index is 9.50. The normalized spacial score (nSPS) is 10.8. The number of guanidine groups is 1. The number of phenols is 1. The van der Waals surface area contributed by atoms with Gasteiger partial charge in [0.05, 0.1) is 0 Å². The van der Waals surface area contributed by atoms with Crippen molar-refractivity contribution in [1.82, 2.24) is 10.2 Å². The van der Waals surface area contributed by atoms with Gasteiger partial charge in [-0.1, -0.05) is 42.5 Å². The van der Waals surface area contributed by atoms with Crippen molar-refractivity contribution in [2.75, 3.05) is 20.1 Å². The fourth-order valence-electron chi connectivity index (χ4n) is 2.40. The third kappa shape index (κ3) is 6.78. The molecular weight excluding hydrogens is 413 g/mol. The molecule has 0 radical (unpaired) electrons. The van der Waals surface area contributed by atoms with Gasteiger partial charge in [0.15, 0.2) is 5.96 Å². The zero-order chi connectivity index (χ0) is 16.5. The maximum atomic E-state index is 9.50. The molecule has 0 fully saturated rings. The summed E-state index contributed by atoms with van der Waals surface area (Å²) in [5.74, 6) is 1.20. The van der Waals surface area contributed by atoms with Crippen molar-refractivity contribution < 1.29 is 5.11 Å². The third-order valence-electron chi connectivity index (χ3n) is 3.53. The Morgan fingerprint density at radius 3 is 2.46 bits per heavy atom. The number of nitrogens with one attached hydrogen (secondary N) is 1. The highest BCUT2D eigenvalue weighted by Gasteiger charge is 2.06. The molecule has 0 aliphatic carbocycles. The van der Waals surface area contributed by atoms with E-state index in [2.05, 4.69) is 46.4 Å². The second-order valence-electron chi connectivity index (χ2n) is 5.50. The Morgan fingerprint density at radius 2 is 1.79 bits per heavy atom. The van der Waals surface area contributed by atoms with E-state index in [-0.39, 0.29) is 24.0 Å². The third-order valence-corrected chi connectivity index (χ3v) is 3.53. The molecule has 2 aromatic carbocycles. The molecule has 0 aliphatic rings. The van der Waals surface area contributed by atoms with Crippen LogP contribution in [-0.4, -0.2) is 36.1 Å². The number of hydrogen-bond acceptors (Lipinski definition) is 2. The van der Waals surface area contributed by atoms with E-state index in [0.29, 0.717) is 12.3 Å². The molecule has 2 aromatic rings. The van der Waals surface area contributed by atoms with Gasteiger partial charge in [0.2, 0.25) is 0 Å². The molecule has 0 amide bonds. The van der Waals surface area contributed by atoms with Gasteiger partial charge in [-0.05, 0) is 36.6 Å². The van der Waals surface area contributed by atoms with Crippen LogP contribution < -0.4 is 5.32 Å². The molecule has 4 nitrogen and oxygen atoms in total. The van der Waals surface area contributed by atoms with Crippen molar-refractivity contribution in [1.29, 1.82) is 0 Å². The van der Waals surface area contributed by atoms with E-state index in [9.17, 15) is 5.11 Å². The van der Waals surface area contributed by atoms with E-state index in [1.165, 1.54) is 5.56 Å². The number of rotatable bonds is 6. The molecule has 24 heavy (non-hydrogen) atoms. The van der Waals surface area contributed by atoms with Crippen LogP contribution in [0.3, 0.4) is 0 Å². The van der Waals surface area contributed by atoms with Gasteiger partial charge < -0.3 is 15.3 Å². The minimum absolute atomic E-state index is 0. The molecule has 0 saturated heterocycles. The van der Waals surface area contributed by atoms with E-state index in [0.717, 1.165) is 31.0 Å². The zero-order valence-corrected chi connectivity index (χ0v) is 16.6. The minimum atomic E-state index is 0. The molecule has 0 aliphatic heterocycles. The smallest absolute Gasteiger partial charge is 0.193 e. The quantitative estimate of drug-likeness (QED) is 0.411.